The van der Waals surface area contributed by atoms with Crippen molar-refractivity contribution in [2.45, 2.75) is 12.0 Å². The zero-order chi connectivity index (χ0) is 19.4. The van der Waals surface area contributed by atoms with Gasteiger partial charge in [-0.25, -0.2) is 0 Å². The summed E-state index contributed by atoms with van der Waals surface area (Å²) in [5, 5.41) is 11.4. The van der Waals surface area contributed by atoms with Crippen molar-refractivity contribution in [2.75, 3.05) is 12.5 Å². The van der Waals surface area contributed by atoms with Crippen LogP contribution < -0.4 is 0 Å². The minimum Gasteiger partial charge on any atom is -0.377 e. The molecule has 3 rings (SSSR count). The predicted molar refractivity (Wildman–Crippen MR) is 114 cm³/mol. The molecule has 1 aliphatic carbocycles. The van der Waals surface area contributed by atoms with Gasteiger partial charge in [0.1, 0.15) is 0 Å². The maximum atomic E-state index is 13.2. The summed E-state index contributed by atoms with van der Waals surface area (Å²) in [6, 6.07) is 16.5. The maximum Gasteiger partial charge on any atom is 0.204 e. The summed E-state index contributed by atoms with van der Waals surface area (Å²) in [4.78, 5) is 26.2. The van der Waals surface area contributed by atoms with Crippen molar-refractivity contribution in [3.8, 4) is 0 Å². The fraction of sp³-hybridized carbons (Fsp3) is 0.182. The van der Waals surface area contributed by atoms with E-state index in [1.807, 2.05) is 48.9 Å². The lowest BCUT2D eigenvalue weighted by atomic mass is 9.73. The number of benzene rings is 2. The minimum absolute atomic E-state index is 0.0873. The molecule has 0 aromatic heterocycles. The van der Waals surface area contributed by atoms with Crippen LogP contribution in [0.25, 0.3) is 6.08 Å². The van der Waals surface area contributed by atoms with Crippen LogP contribution in [0, 0.1) is 0 Å². The van der Waals surface area contributed by atoms with Crippen LogP contribution in [0.5, 0.6) is 0 Å². The molecule has 0 aliphatic heterocycles. The van der Waals surface area contributed by atoms with Crippen molar-refractivity contribution in [3.05, 3.63) is 87.2 Å². The second-order valence-corrected chi connectivity index (χ2v) is 8.04. The van der Waals surface area contributed by atoms with Crippen LogP contribution in [0.15, 0.2) is 70.5 Å². The molecule has 1 atom stereocenters. The number of aliphatic hydroxyl groups is 1. The van der Waals surface area contributed by atoms with E-state index in [1.165, 1.54) is 23.5 Å². The topological polar surface area (TPSA) is 54.4 Å². The molecule has 0 saturated carbocycles. The van der Waals surface area contributed by atoms with Gasteiger partial charge in [-0.1, -0.05) is 66.7 Å². The Labute approximate surface area is 167 Å². The molecule has 5 heteroatoms. The normalized spacial score (nSPS) is 19.4. The summed E-state index contributed by atoms with van der Waals surface area (Å²) in [6.45, 7) is 0. The molecule has 0 heterocycles. The second kappa shape index (κ2) is 8.30. The molecule has 0 bridgehead atoms. The summed E-state index contributed by atoms with van der Waals surface area (Å²) in [5.74, 6) is -0.839. The average molecular weight is 397 g/mol. The zero-order valence-electron chi connectivity index (χ0n) is 15.1. The Hall–Kier alpha value is -2.08. The minimum atomic E-state index is -1.75. The molecule has 2 aromatic carbocycles. The summed E-state index contributed by atoms with van der Waals surface area (Å²) in [5.41, 5.74) is 0.0935. The Bertz CT molecular complexity index is 926. The Balaban J connectivity index is 2.08. The van der Waals surface area contributed by atoms with Crippen LogP contribution in [0.1, 0.15) is 27.9 Å². The van der Waals surface area contributed by atoms with Crippen LogP contribution in [-0.4, -0.2) is 29.2 Å². The molecule has 1 unspecified atom stereocenters. The number of fused-ring (bicyclic) bond motifs is 1. The van der Waals surface area contributed by atoms with Gasteiger partial charge in [0.2, 0.25) is 5.78 Å². The summed E-state index contributed by atoms with van der Waals surface area (Å²) >= 11 is 2.70. The highest BCUT2D eigenvalue weighted by atomic mass is 32.2. The molecule has 27 heavy (non-hydrogen) atoms. The third-order valence-electron chi connectivity index (χ3n) is 4.55. The van der Waals surface area contributed by atoms with Crippen molar-refractivity contribution in [1.82, 2.24) is 0 Å². The zero-order valence-corrected chi connectivity index (χ0v) is 16.8. The quantitative estimate of drug-likeness (QED) is 0.587. The maximum absolute atomic E-state index is 13.2. The van der Waals surface area contributed by atoms with E-state index in [1.54, 1.807) is 30.3 Å². The van der Waals surface area contributed by atoms with Gasteiger partial charge < -0.3 is 5.11 Å². The number of carbonyl (C=O) groups is 2. The Morgan fingerprint density at radius 1 is 1.00 bits per heavy atom. The van der Waals surface area contributed by atoms with E-state index in [0.29, 0.717) is 15.4 Å². The molecule has 0 amide bonds. The molecule has 1 aliphatic rings. The van der Waals surface area contributed by atoms with Gasteiger partial charge in [-0.05, 0) is 18.1 Å². The fourth-order valence-corrected chi connectivity index (χ4v) is 4.66. The lowest BCUT2D eigenvalue weighted by Gasteiger charge is -2.33. The summed E-state index contributed by atoms with van der Waals surface area (Å²) in [6.07, 6.45) is 7.42. The van der Waals surface area contributed by atoms with Gasteiger partial charge in [0.25, 0.3) is 0 Å². The highest BCUT2D eigenvalue weighted by Gasteiger charge is 2.48. The molecule has 3 nitrogen and oxygen atoms in total. The van der Waals surface area contributed by atoms with Crippen LogP contribution in [0.4, 0.5) is 0 Å². The van der Waals surface area contributed by atoms with Crippen molar-refractivity contribution in [3.63, 3.8) is 0 Å². The number of rotatable bonds is 5. The van der Waals surface area contributed by atoms with Crippen LogP contribution in [-0.2, 0) is 10.4 Å². The van der Waals surface area contributed by atoms with Gasteiger partial charge in [-0.2, -0.15) is 0 Å². The molecule has 2 aromatic rings. The third kappa shape index (κ3) is 3.68. The van der Waals surface area contributed by atoms with Crippen LogP contribution >= 0.6 is 23.5 Å². The van der Waals surface area contributed by atoms with Crippen molar-refractivity contribution >= 4 is 41.2 Å². The first-order chi connectivity index (χ1) is 13.0. The molecule has 0 fully saturated rings. The third-order valence-corrected chi connectivity index (χ3v) is 6.69. The number of hydrogen-bond acceptors (Lipinski definition) is 5. The van der Waals surface area contributed by atoms with Crippen LogP contribution in [0.3, 0.4) is 0 Å². The SMILES string of the molecule is CSC(SC)=C1C(=O)c2ccccc2C(O)(CC=Cc2ccccc2)C1=O. The average Bonchev–Trinajstić information content (AvgIpc) is 2.71. The molecule has 1 N–H and O–H groups in total. The Kier molecular flexibility index (Phi) is 6.05. The van der Waals surface area contributed by atoms with E-state index in [9.17, 15) is 14.7 Å². The smallest absolute Gasteiger partial charge is 0.204 e. The van der Waals surface area contributed by atoms with Crippen LogP contribution in [0.2, 0.25) is 0 Å². The van der Waals surface area contributed by atoms with Gasteiger partial charge in [0.05, 0.1) is 9.81 Å². The first-order valence-electron chi connectivity index (χ1n) is 8.48. The standard InChI is InChI=1S/C22H20O3S2/c1-26-21(27-2)18-19(23)16-12-6-7-13-17(16)22(25,20(18)24)14-8-11-15-9-4-3-5-10-15/h3-13,25H,14H2,1-2H3. The van der Waals surface area contributed by atoms with Crippen molar-refractivity contribution in [2.24, 2.45) is 0 Å². The van der Waals surface area contributed by atoms with E-state index in [-0.39, 0.29) is 17.8 Å². The van der Waals surface area contributed by atoms with E-state index < -0.39 is 11.4 Å². The molecule has 0 saturated heterocycles. The highest BCUT2D eigenvalue weighted by molar-refractivity contribution is 8.21. The monoisotopic (exact) mass is 396 g/mol. The van der Waals surface area contributed by atoms with Gasteiger partial charge in [0, 0.05) is 17.5 Å². The van der Waals surface area contributed by atoms with Crippen molar-refractivity contribution in [1.29, 1.82) is 0 Å². The lowest BCUT2D eigenvalue weighted by Crippen LogP contribution is -2.43. The predicted octanol–water partition coefficient (Wildman–Crippen LogP) is 4.68. The van der Waals surface area contributed by atoms with Gasteiger partial charge >= 0.3 is 0 Å². The first kappa shape index (κ1) is 19.7. The highest BCUT2D eigenvalue weighted by Crippen LogP contribution is 2.42. The number of carbonyl (C=O) groups excluding carboxylic acids is 2. The summed E-state index contributed by atoms with van der Waals surface area (Å²) < 4.78 is 0.630. The van der Waals surface area contributed by atoms with Crippen molar-refractivity contribution < 1.29 is 14.7 Å². The molecular weight excluding hydrogens is 376 g/mol. The fourth-order valence-electron chi connectivity index (χ4n) is 3.21. The van der Waals surface area contributed by atoms with Gasteiger partial charge in [0.15, 0.2) is 11.4 Å². The number of ketones is 2. The van der Waals surface area contributed by atoms with E-state index in [4.69, 9.17) is 0 Å². The molecule has 0 radical (unpaired) electrons. The number of hydrogen-bond donors (Lipinski definition) is 1. The van der Waals surface area contributed by atoms with E-state index in [2.05, 4.69) is 0 Å². The lowest BCUT2D eigenvalue weighted by molar-refractivity contribution is -0.134. The van der Waals surface area contributed by atoms with E-state index >= 15 is 0 Å². The second-order valence-electron chi connectivity index (χ2n) is 6.15. The van der Waals surface area contributed by atoms with E-state index in [0.717, 1.165) is 5.56 Å². The Morgan fingerprint density at radius 2 is 1.63 bits per heavy atom. The van der Waals surface area contributed by atoms with Gasteiger partial charge in [-0.15, -0.1) is 23.5 Å². The largest absolute Gasteiger partial charge is 0.377 e. The number of Topliss-reactive ketones (excluding diaryl/α,β-unsaturated/α-hetero) is 2. The summed E-state index contributed by atoms with van der Waals surface area (Å²) in [7, 11) is 0. The first-order valence-corrected chi connectivity index (χ1v) is 10.9. The number of thioether (sulfide) groups is 2. The van der Waals surface area contributed by atoms with Gasteiger partial charge in [-0.3, -0.25) is 9.59 Å². The Morgan fingerprint density at radius 3 is 2.30 bits per heavy atom. The molecule has 138 valence electrons. The molecular formula is C22H20O3S2. The molecule has 0 spiro atoms.